The summed E-state index contributed by atoms with van der Waals surface area (Å²) < 4.78 is 5.25. The highest BCUT2D eigenvalue weighted by Crippen LogP contribution is 2.35. The second kappa shape index (κ2) is 13.6. The molecule has 0 bridgehead atoms. The maximum Gasteiger partial charge on any atom is 0.323 e. The molecule has 1 saturated heterocycles. The van der Waals surface area contributed by atoms with E-state index in [1.807, 2.05) is 47.8 Å². The number of aryl methyl sites for hydroxylation is 1. The minimum atomic E-state index is -1.06. The molecule has 10 heteroatoms. The second-order valence-electron chi connectivity index (χ2n) is 7.50. The number of carboxylic acid groups (broad SMARTS) is 1. The van der Waals surface area contributed by atoms with Gasteiger partial charge in [0.25, 0.3) is 0 Å². The van der Waals surface area contributed by atoms with Gasteiger partial charge in [-0.05, 0) is 36.8 Å². The molecule has 2 aromatic rings. The summed E-state index contributed by atoms with van der Waals surface area (Å²) in [5.74, 6) is -1.31. The Morgan fingerprint density at radius 1 is 1.24 bits per heavy atom. The molecule has 0 saturated carbocycles. The van der Waals surface area contributed by atoms with Crippen molar-refractivity contribution in [3.63, 3.8) is 0 Å². The summed E-state index contributed by atoms with van der Waals surface area (Å²) in [4.78, 5) is 39.7. The molecule has 0 spiro atoms. The molecule has 7 nitrogen and oxygen atoms in total. The van der Waals surface area contributed by atoms with Gasteiger partial charge in [-0.3, -0.25) is 19.7 Å². The highest BCUT2D eigenvalue weighted by atomic mass is 35.5. The number of carbonyl (C=O) groups is 3. The molecule has 1 aromatic carbocycles. The first-order valence-electron chi connectivity index (χ1n) is 10.6. The number of carboxylic acids is 1. The lowest BCUT2D eigenvalue weighted by atomic mass is 10.0. The number of rotatable bonds is 10. The summed E-state index contributed by atoms with van der Waals surface area (Å²) in [6, 6.07) is 12.4. The van der Waals surface area contributed by atoms with Crippen LogP contribution in [0.4, 0.5) is 0 Å². The summed E-state index contributed by atoms with van der Waals surface area (Å²) in [6.45, 7) is 1.95. The number of benzene rings is 1. The molecule has 1 fully saturated rings. The number of thiophene rings is 1. The number of hydrogen-bond acceptors (Lipinski definition) is 7. The van der Waals surface area contributed by atoms with Crippen LogP contribution in [-0.2, 0) is 25.5 Å². The molecular weight excluding hydrogens is 484 g/mol. The third-order valence-corrected chi connectivity index (χ3v) is 7.65. The van der Waals surface area contributed by atoms with Crippen molar-refractivity contribution in [2.45, 2.75) is 37.1 Å². The Labute approximate surface area is 208 Å². The van der Waals surface area contributed by atoms with E-state index in [1.54, 1.807) is 30.0 Å². The summed E-state index contributed by atoms with van der Waals surface area (Å²) in [5, 5.41) is 14.5. The molecule has 1 amide bonds. The Morgan fingerprint density at radius 3 is 2.64 bits per heavy atom. The van der Waals surface area contributed by atoms with Gasteiger partial charge in [0.05, 0.1) is 17.9 Å². The highest BCUT2D eigenvalue weighted by molar-refractivity contribution is 7.99. The quantitative estimate of drug-likeness (QED) is 0.471. The van der Waals surface area contributed by atoms with Crippen molar-refractivity contribution < 1.29 is 24.2 Å². The Hall–Kier alpha value is -2.07. The monoisotopic (exact) mass is 512 g/mol. The fraction of sp³-hybridized carbons (Fsp3) is 0.435. The first-order chi connectivity index (χ1) is 15.5. The van der Waals surface area contributed by atoms with E-state index in [0.29, 0.717) is 25.1 Å². The summed E-state index contributed by atoms with van der Waals surface area (Å²) in [7, 11) is 0. The fourth-order valence-corrected chi connectivity index (χ4v) is 5.89. The van der Waals surface area contributed by atoms with Crippen molar-refractivity contribution in [1.29, 1.82) is 0 Å². The van der Waals surface area contributed by atoms with E-state index in [2.05, 4.69) is 5.32 Å². The molecule has 0 aliphatic carbocycles. The van der Waals surface area contributed by atoms with Crippen LogP contribution in [0.1, 0.15) is 29.0 Å². The molecule has 3 rings (SSSR count). The van der Waals surface area contributed by atoms with Crippen molar-refractivity contribution in [3.8, 4) is 0 Å². The molecule has 1 aromatic heterocycles. The summed E-state index contributed by atoms with van der Waals surface area (Å²) in [6.07, 6.45) is 1.13. The van der Waals surface area contributed by atoms with Gasteiger partial charge in [-0.1, -0.05) is 36.4 Å². The Balaban J connectivity index is 0.00000385. The standard InChI is InChI=1S/C23H28N2O5S2.ClH/c1-2-30-23(29)17(11-10-16-7-4-3-5-8-16)24-18-15-32-20(19-9-6-12-31-19)13-25(22(18)28)14-21(26)27;/h3-9,12,17-18,20,24H,2,10-11,13-15H2,1H3,(H,26,27);1H/t17-,18?,20?;/m0./s1. The SMILES string of the molecule is CCOC(=O)[C@H](CCc1ccccc1)NC1CSC(c2cccs2)CN(CC(=O)O)C1=O.Cl. The molecular formula is C23H29ClN2O5S2. The zero-order chi connectivity index (χ0) is 22.9. The molecule has 33 heavy (non-hydrogen) atoms. The average molecular weight is 513 g/mol. The minimum Gasteiger partial charge on any atom is -0.480 e. The Kier molecular flexibility index (Phi) is 11.2. The van der Waals surface area contributed by atoms with Crippen molar-refractivity contribution in [2.24, 2.45) is 0 Å². The molecule has 180 valence electrons. The second-order valence-corrected chi connectivity index (χ2v) is 9.71. The number of ether oxygens (including phenoxy) is 1. The van der Waals surface area contributed by atoms with Crippen LogP contribution >= 0.6 is 35.5 Å². The van der Waals surface area contributed by atoms with Gasteiger partial charge in [0.1, 0.15) is 12.6 Å². The molecule has 3 atom stereocenters. The van der Waals surface area contributed by atoms with Crippen LogP contribution in [0, 0.1) is 0 Å². The molecule has 2 heterocycles. The zero-order valence-corrected chi connectivity index (χ0v) is 20.8. The van der Waals surface area contributed by atoms with Crippen LogP contribution in [0.25, 0.3) is 0 Å². The third-order valence-electron chi connectivity index (χ3n) is 5.18. The van der Waals surface area contributed by atoms with E-state index >= 15 is 0 Å². The van der Waals surface area contributed by atoms with Crippen molar-refractivity contribution >= 4 is 53.4 Å². The van der Waals surface area contributed by atoms with Crippen LogP contribution in [-0.4, -0.2) is 65.4 Å². The van der Waals surface area contributed by atoms with E-state index in [-0.39, 0.29) is 36.7 Å². The number of aliphatic carboxylic acids is 1. The van der Waals surface area contributed by atoms with E-state index < -0.39 is 24.0 Å². The average Bonchev–Trinajstić information content (AvgIpc) is 3.27. The predicted octanol–water partition coefficient (Wildman–Crippen LogP) is 3.39. The van der Waals surface area contributed by atoms with Crippen LogP contribution in [0.5, 0.6) is 0 Å². The lowest BCUT2D eigenvalue weighted by Crippen LogP contribution is -2.53. The summed E-state index contributed by atoms with van der Waals surface area (Å²) >= 11 is 3.20. The lowest BCUT2D eigenvalue weighted by Gasteiger charge is -2.26. The van der Waals surface area contributed by atoms with Crippen LogP contribution in [0.2, 0.25) is 0 Å². The van der Waals surface area contributed by atoms with Gasteiger partial charge in [-0.25, -0.2) is 0 Å². The van der Waals surface area contributed by atoms with Gasteiger partial charge in [-0.2, -0.15) is 0 Å². The predicted molar refractivity (Wildman–Crippen MR) is 133 cm³/mol. The minimum absolute atomic E-state index is 0. The maximum absolute atomic E-state index is 13.2. The van der Waals surface area contributed by atoms with Gasteiger partial charge in [0.15, 0.2) is 0 Å². The third kappa shape index (κ3) is 8.03. The maximum atomic E-state index is 13.2. The lowest BCUT2D eigenvalue weighted by molar-refractivity contribution is -0.148. The first-order valence-corrected chi connectivity index (χ1v) is 12.5. The van der Waals surface area contributed by atoms with Gasteiger partial charge in [-0.15, -0.1) is 35.5 Å². The Morgan fingerprint density at radius 2 is 2.00 bits per heavy atom. The number of esters is 1. The van der Waals surface area contributed by atoms with Crippen molar-refractivity contribution in [2.75, 3.05) is 25.4 Å². The molecule has 0 radical (unpaired) electrons. The fourth-order valence-electron chi connectivity index (χ4n) is 3.63. The number of halogens is 1. The highest BCUT2D eigenvalue weighted by Gasteiger charge is 2.36. The number of hydrogen-bond donors (Lipinski definition) is 2. The van der Waals surface area contributed by atoms with E-state index in [0.717, 1.165) is 10.4 Å². The van der Waals surface area contributed by atoms with Gasteiger partial charge in [0, 0.05) is 17.2 Å². The normalized spacial score (nSPS) is 19.3. The van der Waals surface area contributed by atoms with Crippen LogP contribution in [0.15, 0.2) is 47.8 Å². The van der Waals surface area contributed by atoms with Gasteiger partial charge >= 0.3 is 11.9 Å². The van der Waals surface area contributed by atoms with Crippen LogP contribution < -0.4 is 5.32 Å². The van der Waals surface area contributed by atoms with Crippen LogP contribution in [0.3, 0.4) is 0 Å². The Bertz CT molecular complexity index is 898. The molecule has 2 N–H and O–H groups in total. The number of amides is 1. The number of nitrogens with zero attached hydrogens (tertiary/aromatic N) is 1. The van der Waals surface area contributed by atoms with Crippen molar-refractivity contribution in [1.82, 2.24) is 10.2 Å². The number of nitrogens with one attached hydrogen (secondary N) is 1. The van der Waals surface area contributed by atoms with E-state index in [4.69, 9.17) is 4.74 Å². The molecule has 1 aliphatic heterocycles. The van der Waals surface area contributed by atoms with E-state index in [9.17, 15) is 19.5 Å². The topological polar surface area (TPSA) is 95.9 Å². The molecule has 1 aliphatic rings. The number of carbonyl (C=O) groups excluding carboxylic acids is 2. The molecule has 2 unspecified atom stereocenters. The first kappa shape index (κ1) is 27.2. The van der Waals surface area contributed by atoms with Gasteiger partial charge < -0.3 is 14.7 Å². The van der Waals surface area contributed by atoms with E-state index in [1.165, 1.54) is 4.90 Å². The largest absolute Gasteiger partial charge is 0.480 e. The smallest absolute Gasteiger partial charge is 0.323 e. The van der Waals surface area contributed by atoms with Gasteiger partial charge in [0.2, 0.25) is 5.91 Å². The summed E-state index contributed by atoms with van der Waals surface area (Å²) in [5.41, 5.74) is 1.09. The zero-order valence-electron chi connectivity index (χ0n) is 18.3. The number of thioether (sulfide) groups is 1. The van der Waals surface area contributed by atoms with Crippen molar-refractivity contribution in [3.05, 3.63) is 58.3 Å².